The van der Waals surface area contributed by atoms with Crippen LogP contribution < -0.4 is 21.7 Å². The first-order chi connectivity index (χ1) is 22.2. The third kappa shape index (κ3) is 9.88. The van der Waals surface area contributed by atoms with Crippen LogP contribution in [0.1, 0.15) is 52.6 Å². The fraction of sp³-hybridized carbons (Fsp3) is 0.286. The molecule has 0 aliphatic rings. The molecule has 3 aromatic carbocycles. The average molecular weight is 642 g/mol. The first-order valence-corrected chi connectivity index (χ1v) is 16.2. The molecule has 3 atom stereocenters. The molecule has 6 N–H and O–H groups in total. The Morgan fingerprint density at radius 3 is 2.35 bits per heavy atom. The SMILES string of the molecule is CCCCNC(=O)c1ccccc1SC[C@H](O)[C@H](Cc1ccccc1)NC(=O)[C@H](CC(N)=O)NC(=O)c1ccc2ccccc2n1. The van der Waals surface area contributed by atoms with E-state index in [1.165, 1.54) is 17.8 Å². The minimum absolute atomic E-state index is 0.0793. The molecule has 0 unspecified atom stereocenters. The number of nitrogens with zero attached hydrogens (tertiary/aromatic N) is 1. The number of rotatable bonds is 16. The third-order valence-electron chi connectivity index (χ3n) is 7.31. The summed E-state index contributed by atoms with van der Waals surface area (Å²) in [6.07, 6.45) is 0.599. The first kappa shape index (κ1) is 34.1. The molecule has 11 heteroatoms. The number of aromatic nitrogens is 1. The number of pyridine rings is 1. The van der Waals surface area contributed by atoms with Crippen molar-refractivity contribution in [2.24, 2.45) is 5.73 Å². The highest BCUT2D eigenvalue weighted by Crippen LogP contribution is 2.25. The summed E-state index contributed by atoms with van der Waals surface area (Å²) >= 11 is 1.30. The van der Waals surface area contributed by atoms with Gasteiger partial charge >= 0.3 is 0 Å². The van der Waals surface area contributed by atoms with Crippen molar-refractivity contribution in [1.82, 2.24) is 20.9 Å². The van der Waals surface area contributed by atoms with Crippen molar-refractivity contribution < 1.29 is 24.3 Å². The van der Waals surface area contributed by atoms with Crippen molar-refractivity contribution in [3.63, 3.8) is 0 Å². The quantitative estimate of drug-likeness (QED) is 0.0922. The maximum atomic E-state index is 13.6. The van der Waals surface area contributed by atoms with Crippen LogP contribution >= 0.6 is 11.8 Å². The summed E-state index contributed by atoms with van der Waals surface area (Å²) in [7, 11) is 0. The number of carbonyl (C=O) groups is 4. The fourth-order valence-corrected chi connectivity index (χ4v) is 5.89. The lowest BCUT2D eigenvalue weighted by atomic mass is 10.0. The molecule has 0 saturated carbocycles. The van der Waals surface area contributed by atoms with Crippen molar-refractivity contribution in [3.8, 4) is 0 Å². The summed E-state index contributed by atoms with van der Waals surface area (Å²) in [5, 5.41) is 20.6. The Morgan fingerprint density at radius 2 is 1.59 bits per heavy atom. The maximum absolute atomic E-state index is 13.6. The Kier molecular flexibility index (Phi) is 12.7. The highest BCUT2D eigenvalue weighted by molar-refractivity contribution is 7.99. The Balaban J connectivity index is 1.49. The van der Waals surface area contributed by atoms with E-state index < -0.39 is 42.3 Å². The predicted molar refractivity (Wildman–Crippen MR) is 179 cm³/mol. The zero-order chi connectivity index (χ0) is 32.9. The van der Waals surface area contributed by atoms with Gasteiger partial charge in [-0.05, 0) is 42.7 Å². The lowest BCUT2D eigenvalue weighted by molar-refractivity contribution is -0.128. The molecule has 240 valence electrons. The Hall–Kier alpha value is -4.74. The molecule has 4 aromatic rings. The molecule has 0 aliphatic heterocycles. The summed E-state index contributed by atoms with van der Waals surface area (Å²) in [5.74, 6) is -2.13. The van der Waals surface area contributed by atoms with E-state index in [4.69, 9.17) is 5.73 Å². The number of nitrogens with one attached hydrogen (secondary N) is 3. The molecular weight excluding hydrogens is 602 g/mol. The molecule has 0 radical (unpaired) electrons. The van der Waals surface area contributed by atoms with E-state index in [9.17, 15) is 24.3 Å². The molecule has 46 heavy (non-hydrogen) atoms. The van der Waals surface area contributed by atoms with Gasteiger partial charge in [-0.25, -0.2) is 4.98 Å². The summed E-state index contributed by atoms with van der Waals surface area (Å²) in [6.45, 7) is 2.62. The van der Waals surface area contributed by atoms with Crippen molar-refractivity contribution in [3.05, 3.63) is 108 Å². The Labute approximate surface area is 272 Å². The van der Waals surface area contributed by atoms with E-state index in [1.54, 1.807) is 30.3 Å². The van der Waals surface area contributed by atoms with Crippen LogP contribution in [-0.4, -0.2) is 64.2 Å². The van der Waals surface area contributed by atoms with Gasteiger partial charge in [-0.3, -0.25) is 19.2 Å². The number of para-hydroxylation sites is 1. The summed E-state index contributed by atoms with van der Waals surface area (Å²) in [4.78, 5) is 56.5. The number of primary amides is 1. The largest absolute Gasteiger partial charge is 0.390 e. The lowest BCUT2D eigenvalue weighted by Gasteiger charge is -2.27. The molecule has 1 aromatic heterocycles. The van der Waals surface area contributed by atoms with Crippen LogP contribution in [-0.2, 0) is 16.0 Å². The monoisotopic (exact) mass is 641 g/mol. The molecule has 0 spiro atoms. The smallest absolute Gasteiger partial charge is 0.270 e. The number of aliphatic hydroxyl groups excluding tert-OH is 1. The minimum Gasteiger partial charge on any atom is -0.390 e. The second-order valence-electron chi connectivity index (χ2n) is 10.9. The Morgan fingerprint density at radius 1 is 0.870 bits per heavy atom. The number of thioether (sulfide) groups is 1. The molecule has 4 amide bonds. The third-order valence-corrected chi connectivity index (χ3v) is 8.48. The number of hydrogen-bond acceptors (Lipinski definition) is 7. The van der Waals surface area contributed by atoms with E-state index in [2.05, 4.69) is 20.9 Å². The molecule has 0 saturated heterocycles. The van der Waals surface area contributed by atoms with Gasteiger partial charge in [-0.2, -0.15) is 0 Å². The number of nitrogens with two attached hydrogens (primary N) is 1. The van der Waals surface area contributed by atoms with E-state index in [-0.39, 0.29) is 23.8 Å². The van der Waals surface area contributed by atoms with Crippen LogP contribution in [0.3, 0.4) is 0 Å². The first-order valence-electron chi connectivity index (χ1n) is 15.2. The van der Waals surface area contributed by atoms with Gasteiger partial charge in [-0.15, -0.1) is 11.8 Å². The van der Waals surface area contributed by atoms with Crippen molar-refractivity contribution in [1.29, 1.82) is 0 Å². The van der Waals surface area contributed by atoms with Gasteiger partial charge in [0.25, 0.3) is 11.8 Å². The average Bonchev–Trinajstić information content (AvgIpc) is 3.06. The normalized spacial score (nSPS) is 12.9. The van der Waals surface area contributed by atoms with E-state index in [1.807, 2.05) is 61.5 Å². The lowest BCUT2D eigenvalue weighted by Crippen LogP contribution is -2.54. The molecule has 0 aliphatic carbocycles. The van der Waals surface area contributed by atoms with Gasteiger partial charge in [0, 0.05) is 22.6 Å². The topological polar surface area (TPSA) is 164 Å². The fourth-order valence-electron chi connectivity index (χ4n) is 4.82. The van der Waals surface area contributed by atoms with Crippen molar-refractivity contribution in [2.45, 2.75) is 55.7 Å². The Bertz CT molecular complexity index is 1650. The minimum atomic E-state index is -1.30. The van der Waals surface area contributed by atoms with Crippen LogP contribution in [0.2, 0.25) is 0 Å². The molecule has 4 rings (SSSR count). The number of fused-ring (bicyclic) bond motifs is 1. The molecule has 1 heterocycles. The molecular formula is C35H39N5O5S. The van der Waals surface area contributed by atoms with E-state index >= 15 is 0 Å². The van der Waals surface area contributed by atoms with Gasteiger partial charge in [0.05, 0.1) is 29.6 Å². The second-order valence-corrected chi connectivity index (χ2v) is 11.9. The highest BCUT2D eigenvalue weighted by Gasteiger charge is 2.29. The zero-order valence-corrected chi connectivity index (χ0v) is 26.5. The van der Waals surface area contributed by atoms with Gasteiger partial charge in [0.2, 0.25) is 11.8 Å². The van der Waals surface area contributed by atoms with Crippen LogP contribution in [0.5, 0.6) is 0 Å². The molecule has 0 fully saturated rings. The number of carbonyl (C=O) groups excluding carboxylic acids is 4. The summed E-state index contributed by atoms with van der Waals surface area (Å²) in [6, 6.07) is 25.0. The molecule has 10 nitrogen and oxygen atoms in total. The van der Waals surface area contributed by atoms with Crippen molar-refractivity contribution >= 4 is 46.3 Å². The number of unbranched alkanes of at least 4 members (excludes halogenated alkanes) is 1. The van der Waals surface area contributed by atoms with Gasteiger partial charge < -0.3 is 26.8 Å². The van der Waals surface area contributed by atoms with Gasteiger partial charge in [-0.1, -0.05) is 80.1 Å². The zero-order valence-electron chi connectivity index (χ0n) is 25.6. The second kappa shape index (κ2) is 17.1. The van der Waals surface area contributed by atoms with Gasteiger partial charge in [0.15, 0.2) is 0 Å². The van der Waals surface area contributed by atoms with Gasteiger partial charge in [0.1, 0.15) is 11.7 Å². The van der Waals surface area contributed by atoms with E-state index in [0.29, 0.717) is 22.5 Å². The maximum Gasteiger partial charge on any atom is 0.270 e. The number of aliphatic hydroxyl groups is 1. The number of benzene rings is 3. The van der Waals surface area contributed by atoms with Crippen LogP contribution in [0.25, 0.3) is 10.9 Å². The number of hydrogen-bond donors (Lipinski definition) is 5. The van der Waals surface area contributed by atoms with Crippen LogP contribution in [0.4, 0.5) is 0 Å². The molecule has 0 bridgehead atoms. The predicted octanol–water partition coefficient (Wildman–Crippen LogP) is 3.62. The van der Waals surface area contributed by atoms with Crippen LogP contribution in [0, 0.1) is 0 Å². The van der Waals surface area contributed by atoms with Crippen molar-refractivity contribution in [2.75, 3.05) is 12.3 Å². The highest BCUT2D eigenvalue weighted by atomic mass is 32.2. The summed E-state index contributed by atoms with van der Waals surface area (Å²) in [5.41, 5.74) is 7.51. The van der Waals surface area contributed by atoms with E-state index in [0.717, 1.165) is 23.8 Å². The van der Waals surface area contributed by atoms with Crippen LogP contribution in [0.15, 0.2) is 95.9 Å². The summed E-state index contributed by atoms with van der Waals surface area (Å²) < 4.78 is 0. The standard InChI is InChI=1S/C35H39N5O5S/c1-2-3-19-37-33(43)25-14-8-10-16-31(25)46-22-30(41)28(20-23-11-5-4-6-12-23)39-35(45)29(21-32(36)42)40-34(44)27-18-17-24-13-7-9-15-26(24)38-27/h4-18,28-30,41H,2-3,19-22H2,1H3,(H2,36,42)(H,37,43)(H,39,45)(H,40,44)/t28-,29-,30-/m0/s1. The number of amides is 4.